The van der Waals surface area contributed by atoms with Gasteiger partial charge >= 0.3 is 0 Å². The van der Waals surface area contributed by atoms with E-state index in [0.29, 0.717) is 16.8 Å². The Hall–Kier alpha value is -4.04. The van der Waals surface area contributed by atoms with E-state index in [-0.39, 0.29) is 10.8 Å². The van der Waals surface area contributed by atoms with Crippen LogP contribution in [0.2, 0.25) is 0 Å². The van der Waals surface area contributed by atoms with Crippen molar-refractivity contribution >= 4 is 38.4 Å². The largest absolute Gasteiger partial charge is 0.322 e. The number of hydrogen-bond acceptors (Lipinski definition) is 5. The predicted molar refractivity (Wildman–Crippen MR) is 127 cm³/mol. The molecule has 0 aliphatic heterocycles. The zero-order valence-electron chi connectivity index (χ0n) is 18.0. The molecule has 4 rings (SSSR count). The number of aromatic nitrogens is 1. The maximum atomic E-state index is 13.3. The van der Waals surface area contributed by atoms with E-state index >= 15 is 0 Å². The number of anilines is 1. The fourth-order valence-electron chi connectivity index (χ4n) is 3.64. The van der Waals surface area contributed by atoms with Crippen molar-refractivity contribution in [2.75, 3.05) is 5.32 Å². The maximum absolute atomic E-state index is 13.3. The van der Waals surface area contributed by atoms with E-state index in [9.17, 15) is 18.0 Å². The summed E-state index contributed by atoms with van der Waals surface area (Å²) in [6, 6.07) is 22.7. The van der Waals surface area contributed by atoms with Crippen molar-refractivity contribution in [3.63, 3.8) is 0 Å². The summed E-state index contributed by atoms with van der Waals surface area (Å²) >= 11 is 0. The first-order chi connectivity index (χ1) is 15.8. The highest BCUT2D eigenvalue weighted by Crippen LogP contribution is 2.30. The highest BCUT2D eigenvalue weighted by atomic mass is 32.2. The minimum atomic E-state index is -3.95. The topological polar surface area (TPSA) is 105 Å². The fraction of sp³-hybridized carbons (Fsp3) is 0.0800. The molecule has 0 saturated heterocycles. The van der Waals surface area contributed by atoms with Crippen molar-refractivity contribution in [2.45, 2.75) is 18.7 Å². The third kappa shape index (κ3) is 4.61. The van der Waals surface area contributed by atoms with E-state index in [0.717, 1.165) is 29.1 Å². The average Bonchev–Trinajstić information content (AvgIpc) is 2.78. The molecule has 0 spiro atoms. The van der Waals surface area contributed by atoms with Gasteiger partial charge in [0.15, 0.2) is 0 Å². The second-order valence-corrected chi connectivity index (χ2v) is 9.17. The van der Waals surface area contributed by atoms with Crippen molar-refractivity contribution in [1.29, 1.82) is 0 Å². The van der Waals surface area contributed by atoms with Crippen molar-refractivity contribution in [2.24, 2.45) is 0 Å². The van der Waals surface area contributed by atoms with Crippen molar-refractivity contribution in [1.82, 2.24) is 9.71 Å². The number of para-hydroxylation sites is 1. The van der Waals surface area contributed by atoms with Crippen LogP contribution in [0.3, 0.4) is 0 Å². The summed E-state index contributed by atoms with van der Waals surface area (Å²) in [6.45, 7) is 2.98. The Morgan fingerprint density at radius 2 is 1.48 bits per heavy atom. The number of sulfonamides is 1. The van der Waals surface area contributed by atoms with Gasteiger partial charge in [0.1, 0.15) is 0 Å². The molecule has 1 aromatic heterocycles. The summed E-state index contributed by atoms with van der Waals surface area (Å²) in [5, 5.41) is 3.56. The zero-order valence-corrected chi connectivity index (χ0v) is 18.8. The molecule has 8 heteroatoms. The van der Waals surface area contributed by atoms with Crippen LogP contribution in [0.5, 0.6) is 0 Å². The van der Waals surface area contributed by atoms with Crippen LogP contribution in [0, 0.1) is 6.92 Å². The quantitative estimate of drug-likeness (QED) is 0.463. The fourth-order valence-corrected chi connectivity index (χ4v) is 4.63. The van der Waals surface area contributed by atoms with Crippen LogP contribution in [-0.2, 0) is 14.8 Å². The molecule has 166 valence electrons. The molecule has 0 atom stereocenters. The highest BCUT2D eigenvalue weighted by Gasteiger charge is 2.20. The molecule has 0 fully saturated rings. The molecule has 3 aromatic carbocycles. The average molecular weight is 460 g/mol. The van der Waals surface area contributed by atoms with Crippen LogP contribution < -0.4 is 10.0 Å². The molecular formula is C25H21N3O4S. The molecule has 0 saturated carbocycles. The van der Waals surface area contributed by atoms with Gasteiger partial charge in [0.05, 0.1) is 21.7 Å². The van der Waals surface area contributed by atoms with Gasteiger partial charge in [-0.1, -0.05) is 48.5 Å². The van der Waals surface area contributed by atoms with Gasteiger partial charge in [0.2, 0.25) is 5.91 Å². The van der Waals surface area contributed by atoms with Crippen LogP contribution in [0.15, 0.2) is 83.8 Å². The van der Waals surface area contributed by atoms with E-state index < -0.39 is 15.9 Å². The minimum Gasteiger partial charge on any atom is -0.322 e. The smallest absolute Gasteiger partial charge is 0.264 e. The molecule has 0 radical (unpaired) electrons. The Labute approximate surface area is 191 Å². The predicted octanol–water partition coefficient (Wildman–Crippen LogP) is 4.29. The zero-order chi connectivity index (χ0) is 23.6. The number of amides is 2. The second-order valence-electron chi connectivity index (χ2n) is 7.48. The lowest BCUT2D eigenvalue weighted by Crippen LogP contribution is -2.28. The SMILES string of the molecule is CC(=O)NS(=O)(=O)c1ccc(NC(=O)c2c(C)c(-c3ccccc3)nc3ccccc23)cc1. The number of rotatable bonds is 5. The van der Waals surface area contributed by atoms with Gasteiger partial charge in [-0.15, -0.1) is 0 Å². The minimum absolute atomic E-state index is 0.0763. The monoisotopic (exact) mass is 459 g/mol. The standard InChI is InChI=1S/C25H21N3O4S/c1-16-23(21-10-6-7-11-22(21)27-24(16)18-8-4-3-5-9-18)25(30)26-19-12-14-20(15-13-19)33(31,32)28-17(2)29/h3-15H,1-2H3,(H,26,30)(H,28,29). The molecule has 2 amide bonds. The molecule has 7 nitrogen and oxygen atoms in total. The van der Waals surface area contributed by atoms with Gasteiger partial charge in [0.25, 0.3) is 15.9 Å². The van der Waals surface area contributed by atoms with Crippen LogP contribution in [0.1, 0.15) is 22.8 Å². The van der Waals surface area contributed by atoms with Gasteiger partial charge < -0.3 is 5.32 Å². The van der Waals surface area contributed by atoms with Crippen LogP contribution in [0.4, 0.5) is 5.69 Å². The number of fused-ring (bicyclic) bond motifs is 1. The molecule has 0 bridgehead atoms. The van der Waals surface area contributed by atoms with E-state index in [4.69, 9.17) is 4.98 Å². The van der Waals surface area contributed by atoms with Gasteiger partial charge in [-0.3, -0.25) is 9.59 Å². The Morgan fingerprint density at radius 1 is 0.848 bits per heavy atom. The van der Waals surface area contributed by atoms with Crippen molar-refractivity contribution in [3.8, 4) is 11.3 Å². The number of nitrogens with zero attached hydrogens (tertiary/aromatic N) is 1. The lowest BCUT2D eigenvalue weighted by atomic mass is 9.97. The van der Waals surface area contributed by atoms with Gasteiger partial charge in [-0.25, -0.2) is 18.1 Å². The third-order valence-corrected chi connectivity index (χ3v) is 6.56. The molecular weight excluding hydrogens is 438 g/mol. The first kappa shape index (κ1) is 22.2. The van der Waals surface area contributed by atoms with E-state index in [1.54, 1.807) is 0 Å². The molecule has 1 heterocycles. The van der Waals surface area contributed by atoms with Crippen LogP contribution >= 0.6 is 0 Å². The van der Waals surface area contributed by atoms with E-state index in [1.165, 1.54) is 24.3 Å². The number of carbonyl (C=O) groups is 2. The summed E-state index contributed by atoms with van der Waals surface area (Å²) in [6.07, 6.45) is 0. The number of hydrogen-bond donors (Lipinski definition) is 2. The lowest BCUT2D eigenvalue weighted by molar-refractivity contribution is -0.117. The molecule has 0 aliphatic carbocycles. The Balaban J connectivity index is 1.72. The molecule has 2 N–H and O–H groups in total. The first-order valence-electron chi connectivity index (χ1n) is 10.2. The number of benzene rings is 3. The summed E-state index contributed by atoms with van der Waals surface area (Å²) in [4.78, 5) is 29.2. The van der Waals surface area contributed by atoms with E-state index in [2.05, 4.69) is 5.32 Å². The third-order valence-electron chi connectivity index (χ3n) is 5.11. The summed E-state index contributed by atoms with van der Waals surface area (Å²) in [5.74, 6) is -1.01. The molecule has 0 unspecified atom stereocenters. The van der Waals surface area contributed by atoms with E-state index in [1.807, 2.05) is 66.2 Å². The van der Waals surface area contributed by atoms with Gasteiger partial charge in [-0.05, 0) is 42.8 Å². The van der Waals surface area contributed by atoms with Crippen molar-refractivity contribution < 1.29 is 18.0 Å². The molecule has 33 heavy (non-hydrogen) atoms. The number of pyridine rings is 1. The number of nitrogens with one attached hydrogen (secondary N) is 2. The molecule has 4 aromatic rings. The Morgan fingerprint density at radius 3 is 2.15 bits per heavy atom. The highest BCUT2D eigenvalue weighted by molar-refractivity contribution is 7.90. The van der Waals surface area contributed by atoms with Gasteiger partial charge in [0, 0.05) is 23.6 Å². The summed E-state index contributed by atoms with van der Waals surface area (Å²) < 4.78 is 26.2. The Kier molecular flexibility index (Phi) is 5.93. The van der Waals surface area contributed by atoms with Crippen LogP contribution in [0.25, 0.3) is 22.2 Å². The second kappa shape index (κ2) is 8.84. The van der Waals surface area contributed by atoms with Gasteiger partial charge in [-0.2, -0.15) is 0 Å². The lowest BCUT2D eigenvalue weighted by Gasteiger charge is -2.15. The summed E-state index contributed by atoms with van der Waals surface area (Å²) in [7, 11) is -3.95. The van der Waals surface area contributed by atoms with Crippen molar-refractivity contribution in [3.05, 3.63) is 90.0 Å². The number of carbonyl (C=O) groups excluding carboxylic acids is 2. The summed E-state index contributed by atoms with van der Waals surface area (Å²) in [5.41, 5.74) is 3.97. The maximum Gasteiger partial charge on any atom is 0.264 e. The van der Waals surface area contributed by atoms with Crippen LogP contribution in [-0.4, -0.2) is 25.2 Å². The first-order valence-corrected chi connectivity index (χ1v) is 11.6. The molecule has 0 aliphatic rings. The Bertz CT molecular complexity index is 1470. The normalized spacial score (nSPS) is 11.2.